The first-order chi connectivity index (χ1) is 12.3. The number of amides is 2. The van der Waals surface area contributed by atoms with E-state index in [1.54, 1.807) is 43.3 Å². The zero-order valence-corrected chi connectivity index (χ0v) is 15.4. The molecule has 2 rings (SSSR count). The van der Waals surface area contributed by atoms with Crippen LogP contribution in [0.4, 0.5) is 11.4 Å². The fourth-order valence-electron chi connectivity index (χ4n) is 2.31. The lowest BCUT2D eigenvalue weighted by molar-refractivity contribution is -0.124. The first-order valence-corrected chi connectivity index (χ1v) is 8.22. The van der Waals surface area contributed by atoms with Crippen LogP contribution < -0.4 is 15.4 Å². The van der Waals surface area contributed by atoms with Gasteiger partial charge in [-0.15, -0.1) is 0 Å². The smallest absolute Gasteiger partial charge is 0.255 e. The van der Waals surface area contributed by atoms with Gasteiger partial charge in [-0.05, 0) is 49.7 Å². The van der Waals surface area contributed by atoms with E-state index in [1.165, 1.54) is 14.0 Å². The molecule has 0 atom stereocenters. The van der Waals surface area contributed by atoms with Crippen LogP contribution in [0.15, 0.2) is 36.4 Å². The van der Waals surface area contributed by atoms with Crippen molar-refractivity contribution in [3.8, 4) is 5.75 Å². The number of hydrogen-bond donors (Lipinski definition) is 2. The highest BCUT2D eigenvalue weighted by Gasteiger charge is 2.14. The number of benzene rings is 2. The molecule has 0 saturated carbocycles. The van der Waals surface area contributed by atoms with E-state index < -0.39 is 5.91 Å². The molecule has 136 valence electrons. The summed E-state index contributed by atoms with van der Waals surface area (Å²) in [4.78, 5) is 35.2. The van der Waals surface area contributed by atoms with E-state index in [4.69, 9.17) is 16.3 Å². The van der Waals surface area contributed by atoms with E-state index in [2.05, 4.69) is 10.6 Å². The van der Waals surface area contributed by atoms with Gasteiger partial charge in [-0.2, -0.15) is 0 Å². The molecule has 6 nitrogen and oxygen atoms in total. The van der Waals surface area contributed by atoms with Crippen LogP contribution >= 0.6 is 11.6 Å². The highest BCUT2D eigenvalue weighted by molar-refractivity contribution is 6.30. The number of carbonyl (C=O) groups excluding carboxylic acids is 3. The van der Waals surface area contributed by atoms with Gasteiger partial charge in [0.25, 0.3) is 5.91 Å². The standard InChI is InChI=1S/C19H19ClN2O4/c1-11-8-16(21-18(24)9-12(2)23)17(26-3)10-15(11)22-19(25)13-4-6-14(20)7-5-13/h4-8,10H,9H2,1-3H3,(H,21,24)(H,22,25). The quantitative estimate of drug-likeness (QED) is 0.752. The summed E-state index contributed by atoms with van der Waals surface area (Å²) in [6.45, 7) is 3.13. The summed E-state index contributed by atoms with van der Waals surface area (Å²) in [5.41, 5.74) is 2.17. The van der Waals surface area contributed by atoms with Gasteiger partial charge >= 0.3 is 0 Å². The molecule has 0 aliphatic heterocycles. The fraction of sp³-hybridized carbons (Fsp3) is 0.211. The third-order valence-electron chi connectivity index (χ3n) is 3.58. The minimum atomic E-state index is -0.423. The average molecular weight is 375 g/mol. The minimum absolute atomic E-state index is 0.211. The van der Waals surface area contributed by atoms with Gasteiger partial charge in [-0.25, -0.2) is 0 Å². The second-order valence-electron chi connectivity index (χ2n) is 5.76. The summed E-state index contributed by atoms with van der Waals surface area (Å²) in [6, 6.07) is 9.82. The van der Waals surface area contributed by atoms with E-state index >= 15 is 0 Å². The number of anilines is 2. The number of aryl methyl sites for hydroxylation is 1. The predicted molar refractivity (Wildman–Crippen MR) is 101 cm³/mol. The molecule has 2 aromatic rings. The maximum Gasteiger partial charge on any atom is 0.255 e. The van der Waals surface area contributed by atoms with Gasteiger partial charge in [0.15, 0.2) is 0 Å². The number of carbonyl (C=O) groups is 3. The first-order valence-electron chi connectivity index (χ1n) is 7.85. The van der Waals surface area contributed by atoms with Crippen molar-refractivity contribution in [2.75, 3.05) is 17.7 Å². The van der Waals surface area contributed by atoms with Crippen LogP contribution in [0.25, 0.3) is 0 Å². The largest absolute Gasteiger partial charge is 0.494 e. The van der Waals surface area contributed by atoms with Crippen LogP contribution in [0, 0.1) is 6.92 Å². The number of Topliss-reactive ketones (excluding diaryl/α,β-unsaturated/α-hetero) is 1. The van der Waals surface area contributed by atoms with E-state index in [0.29, 0.717) is 27.7 Å². The lowest BCUT2D eigenvalue weighted by Gasteiger charge is -2.15. The van der Waals surface area contributed by atoms with Crippen molar-refractivity contribution in [1.82, 2.24) is 0 Å². The second-order valence-corrected chi connectivity index (χ2v) is 6.19. The Bertz CT molecular complexity index is 847. The third-order valence-corrected chi connectivity index (χ3v) is 3.84. The minimum Gasteiger partial charge on any atom is -0.494 e. The highest BCUT2D eigenvalue weighted by Crippen LogP contribution is 2.31. The molecule has 2 N–H and O–H groups in total. The molecule has 0 heterocycles. The topological polar surface area (TPSA) is 84.5 Å². The van der Waals surface area contributed by atoms with Crippen molar-refractivity contribution >= 4 is 40.6 Å². The number of ketones is 1. The molecule has 7 heteroatoms. The van der Waals surface area contributed by atoms with E-state index in [1.807, 2.05) is 0 Å². The molecular weight excluding hydrogens is 356 g/mol. The Morgan fingerprint density at radius 2 is 1.69 bits per heavy atom. The Kier molecular flexibility index (Phi) is 6.36. The molecule has 0 unspecified atom stereocenters. The second kappa shape index (κ2) is 8.49. The predicted octanol–water partition coefficient (Wildman–Crippen LogP) is 3.83. The molecule has 0 bridgehead atoms. The van der Waals surface area contributed by atoms with Gasteiger partial charge in [0, 0.05) is 22.3 Å². The SMILES string of the molecule is COc1cc(NC(=O)c2ccc(Cl)cc2)c(C)cc1NC(=O)CC(C)=O. The number of nitrogens with one attached hydrogen (secondary N) is 2. The first kappa shape index (κ1) is 19.5. The average Bonchev–Trinajstić information content (AvgIpc) is 2.56. The van der Waals surface area contributed by atoms with Crippen LogP contribution in [0.1, 0.15) is 29.3 Å². The van der Waals surface area contributed by atoms with Gasteiger partial charge in [0.2, 0.25) is 5.91 Å². The van der Waals surface area contributed by atoms with Crippen molar-refractivity contribution in [2.24, 2.45) is 0 Å². The molecule has 0 aromatic heterocycles. The monoisotopic (exact) mass is 374 g/mol. The van der Waals surface area contributed by atoms with Crippen LogP contribution in [0.5, 0.6) is 5.75 Å². The molecule has 2 amide bonds. The summed E-state index contributed by atoms with van der Waals surface area (Å²) in [5, 5.41) is 5.99. The maximum absolute atomic E-state index is 12.4. The zero-order valence-electron chi connectivity index (χ0n) is 14.7. The number of halogens is 1. The van der Waals surface area contributed by atoms with Gasteiger partial charge in [-0.3, -0.25) is 14.4 Å². The molecule has 26 heavy (non-hydrogen) atoms. The molecule has 0 radical (unpaired) electrons. The van der Waals surface area contributed by atoms with Gasteiger partial charge in [0.05, 0.1) is 19.2 Å². The molecular formula is C19H19ClN2O4. The highest BCUT2D eigenvalue weighted by atomic mass is 35.5. The summed E-state index contributed by atoms with van der Waals surface area (Å²) < 4.78 is 5.28. The Morgan fingerprint density at radius 1 is 1.04 bits per heavy atom. The number of hydrogen-bond acceptors (Lipinski definition) is 4. The van der Waals surface area contributed by atoms with Gasteiger partial charge in [0.1, 0.15) is 11.5 Å². The van der Waals surface area contributed by atoms with Crippen LogP contribution in [-0.4, -0.2) is 24.7 Å². The van der Waals surface area contributed by atoms with Gasteiger partial charge < -0.3 is 15.4 Å². The Balaban J connectivity index is 2.22. The number of methoxy groups -OCH3 is 1. The summed E-state index contributed by atoms with van der Waals surface area (Å²) in [7, 11) is 1.45. The molecule has 0 fully saturated rings. The van der Waals surface area contributed by atoms with E-state index in [9.17, 15) is 14.4 Å². The van der Waals surface area contributed by atoms with Crippen molar-refractivity contribution < 1.29 is 19.1 Å². The normalized spacial score (nSPS) is 10.2. The zero-order chi connectivity index (χ0) is 19.3. The Labute approximate surface area is 156 Å². The molecule has 2 aromatic carbocycles. The fourth-order valence-corrected chi connectivity index (χ4v) is 2.43. The maximum atomic E-state index is 12.4. The van der Waals surface area contributed by atoms with Gasteiger partial charge in [-0.1, -0.05) is 11.6 Å². The van der Waals surface area contributed by atoms with E-state index in [0.717, 1.165) is 5.56 Å². The molecule has 0 aliphatic rings. The van der Waals surface area contributed by atoms with Crippen molar-refractivity contribution in [2.45, 2.75) is 20.3 Å². The molecule has 0 saturated heterocycles. The molecule has 0 aliphatic carbocycles. The Hall–Kier alpha value is -2.86. The summed E-state index contributed by atoms with van der Waals surface area (Å²) in [6.07, 6.45) is -0.211. The lowest BCUT2D eigenvalue weighted by Crippen LogP contribution is -2.16. The summed E-state index contributed by atoms with van der Waals surface area (Å²) in [5.74, 6) is -0.572. The van der Waals surface area contributed by atoms with Crippen molar-refractivity contribution in [3.63, 3.8) is 0 Å². The molecule has 0 spiro atoms. The number of rotatable bonds is 6. The van der Waals surface area contributed by atoms with Crippen molar-refractivity contribution in [3.05, 3.63) is 52.5 Å². The van der Waals surface area contributed by atoms with Crippen molar-refractivity contribution in [1.29, 1.82) is 0 Å². The number of ether oxygens (including phenoxy) is 1. The lowest BCUT2D eigenvalue weighted by atomic mass is 10.1. The summed E-state index contributed by atoms with van der Waals surface area (Å²) >= 11 is 5.83. The van der Waals surface area contributed by atoms with Crippen LogP contribution in [0.3, 0.4) is 0 Å². The third kappa shape index (κ3) is 5.07. The van der Waals surface area contributed by atoms with Crippen LogP contribution in [-0.2, 0) is 9.59 Å². The van der Waals surface area contributed by atoms with Crippen LogP contribution in [0.2, 0.25) is 5.02 Å². The van der Waals surface area contributed by atoms with E-state index in [-0.39, 0.29) is 18.1 Å². The Morgan fingerprint density at radius 3 is 2.27 bits per heavy atom.